The summed E-state index contributed by atoms with van der Waals surface area (Å²) in [7, 11) is 3.19. The van der Waals surface area contributed by atoms with Crippen LogP contribution in [0.4, 0.5) is 11.4 Å². The molecule has 142 valence electrons. The summed E-state index contributed by atoms with van der Waals surface area (Å²) in [6.45, 7) is 0.678. The normalized spacial score (nSPS) is 12.6. The maximum Gasteiger partial charge on any atom is 0.262 e. The summed E-state index contributed by atoms with van der Waals surface area (Å²) in [6.07, 6.45) is 2.46. The Bertz CT molecular complexity index is 1040. The lowest BCUT2D eigenvalue weighted by Crippen LogP contribution is -2.28. The molecular weight excluding hydrogens is 356 g/mol. The first-order chi connectivity index (χ1) is 13.6. The highest BCUT2D eigenvalue weighted by Gasteiger charge is 2.25. The molecule has 1 aromatic heterocycles. The Balaban J connectivity index is 1.48. The minimum Gasteiger partial charge on any atom is -0.479 e. The molecule has 7 heteroatoms. The fraction of sp³-hybridized carbons (Fsp3) is 0.190. The van der Waals surface area contributed by atoms with Crippen LogP contribution >= 0.6 is 0 Å². The van der Waals surface area contributed by atoms with Crippen molar-refractivity contribution in [1.82, 2.24) is 9.78 Å². The van der Waals surface area contributed by atoms with E-state index in [0.29, 0.717) is 23.4 Å². The van der Waals surface area contributed by atoms with Gasteiger partial charge in [-0.05, 0) is 42.3 Å². The number of methoxy groups -OCH3 is 1. The van der Waals surface area contributed by atoms with Crippen LogP contribution in [0, 0.1) is 0 Å². The van der Waals surface area contributed by atoms with Gasteiger partial charge in [-0.1, -0.05) is 18.2 Å². The van der Waals surface area contributed by atoms with E-state index >= 15 is 0 Å². The second kappa shape index (κ2) is 7.19. The highest BCUT2D eigenvalue weighted by atomic mass is 16.5. The van der Waals surface area contributed by atoms with Crippen molar-refractivity contribution in [3.63, 3.8) is 0 Å². The van der Waals surface area contributed by atoms with Gasteiger partial charge in [0.1, 0.15) is 5.56 Å². The van der Waals surface area contributed by atoms with E-state index in [1.165, 1.54) is 17.4 Å². The molecule has 2 amide bonds. The lowest BCUT2D eigenvalue weighted by atomic mass is 10.1. The zero-order chi connectivity index (χ0) is 19.7. The molecule has 2 aromatic carbocycles. The predicted molar refractivity (Wildman–Crippen MR) is 106 cm³/mol. The molecule has 0 saturated carbocycles. The minimum atomic E-state index is -0.322. The molecule has 1 aliphatic rings. The number of nitrogens with zero attached hydrogens (tertiary/aromatic N) is 3. The van der Waals surface area contributed by atoms with Crippen LogP contribution in [0.5, 0.6) is 5.88 Å². The van der Waals surface area contributed by atoms with Crippen molar-refractivity contribution in [2.24, 2.45) is 7.05 Å². The number of benzene rings is 2. The van der Waals surface area contributed by atoms with Crippen LogP contribution in [0.2, 0.25) is 0 Å². The van der Waals surface area contributed by atoms with Crippen molar-refractivity contribution in [3.05, 3.63) is 71.4 Å². The number of nitrogens with one attached hydrogen (secondary N) is 1. The van der Waals surface area contributed by atoms with E-state index in [9.17, 15) is 9.59 Å². The van der Waals surface area contributed by atoms with Gasteiger partial charge in [0.25, 0.3) is 11.8 Å². The lowest BCUT2D eigenvalue weighted by Gasteiger charge is -2.17. The molecule has 0 saturated heterocycles. The van der Waals surface area contributed by atoms with Crippen LogP contribution in [0.25, 0.3) is 0 Å². The standard InChI is InChI=1S/C21H20N4O3/c1-24-13-17(20(23-24)28-2)19(26)22-16-9-7-15(8-10-16)21(27)25-12-11-14-5-3-4-6-18(14)25/h3-10,13H,11-12H2,1-2H3,(H,22,26). The first-order valence-electron chi connectivity index (χ1n) is 8.95. The van der Waals surface area contributed by atoms with E-state index in [1.54, 1.807) is 42.4 Å². The number of hydrogen-bond donors (Lipinski definition) is 1. The molecule has 0 fully saturated rings. The van der Waals surface area contributed by atoms with E-state index in [0.717, 1.165) is 12.1 Å². The first kappa shape index (κ1) is 17.8. The molecule has 0 spiro atoms. The second-order valence-electron chi connectivity index (χ2n) is 6.59. The summed E-state index contributed by atoms with van der Waals surface area (Å²) in [4.78, 5) is 27.1. The first-order valence-corrected chi connectivity index (χ1v) is 8.95. The summed E-state index contributed by atoms with van der Waals surface area (Å²) in [5.41, 5.74) is 3.67. The van der Waals surface area contributed by atoms with Crippen LogP contribution in [-0.4, -0.2) is 35.2 Å². The molecule has 0 atom stereocenters. The summed E-state index contributed by atoms with van der Waals surface area (Å²) in [5, 5.41) is 6.88. The van der Waals surface area contributed by atoms with Gasteiger partial charge in [0.2, 0.25) is 5.88 Å². The van der Waals surface area contributed by atoms with Gasteiger partial charge in [0.05, 0.1) is 7.11 Å². The number of hydrogen-bond acceptors (Lipinski definition) is 4. The number of carbonyl (C=O) groups excluding carboxylic acids is 2. The SMILES string of the molecule is COc1nn(C)cc1C(=O)Nc1ccc(C(=O)N2CCc3ccccc32)cc1. The van der Waals surface area contributed by atoms with E-state index in [2.05, 4.69) is 10.4 Å². The Hall–Kier alpha value is -3.61. The third-order valence-corrected chi connectivity index (χ3v) is 4.75. The van der Waals surface area contributed by atoms with Gasteiger partial charge in [0.15, 0.2) is 0 Å². The zero-order valence-electron chi connectivity index (χ0n) is 15.7. The molecule has 0 unspecified atom stereocenters. The Kier molecular flexibility index (Phi) is 4.57. The number of para-hydroxylation sites is 1. The van der Waals surface area contributed by atoms with Crippen molar-refractivity contribution < 1.29 is 14.3 Å². The maximum atomic E-state index is 12.9. The summed E-state index contributed by atoms with van der Waals surface area (Å²) >= 11 is 0. The lowest BCUT2D eigenvalue weighted by molar-refractivity contribution is 0.0988. The van der Waals surface area contributed by atoms with Crippen LogP contribution in [0.1, 0.15) is 26.3 Å². The number of ether oxygens (including phenoxy) is 1. The van der Waals surface area contributed by atoms with Crippen molar-refractivity contribution in [2.45, 2.75) is 6.42 Å². The van der Waals surface area contributed by atoms with Gasteiger partial charge in [-0.2, -0.15) is 0 Å². The van der Waals surface area contributed by atoms with Crippen molar-refractivity contribution in [1.29, 1.82) is 0 Å². The molecule has 0 bridgehead atoms. The number of amides is 2. The number of carbonyl (C=O) groups is 2. The predicted octanol–water partition coefficient (Wildman–Crippen LogP) is 2.88. The van der Waals surface area contributed by atoms with E-state index < -0.39 is 0 Å². The molecular formula is C21H20N4O3. The third-order valence-electron chi connectivity index (χ3n) is 4.75. The highest BCUT2D eigenvalue weighted by Crippen LogP contribution is 2.29. The largest absolute Gasteiger partial charge is 0.479 e. The number of rotatable bonds is 4. The van der Waals surface area contributed by atoms with E-state index in [-0.39, 0.29) is 17.7 Å². The summed E-state index contributed by atoms with van der Waals surface area (Å²) in [6, 6.07) is 14.8. The van der Waals surface area contributed by atoms with Gasteiger partial charge in [-0.15, -0.1) is 5.10 Å². The average molecular weight is 376 g/mol. The van der Waals surface area contributed by atoms with Gasteiger partial charge < -0.3 is 15.0 Å². The molecule has 1 N–H and O–H groups in total. The van der Waals surface area contributed by atoms with Crippen molar-refractivity contribution in [2.75, 3.05) is 23.9 Å². The van der Waals surface area contributed by atoms with E-state index in [1.807, 2.05) is 24.3 Å². The topological polar surface area (TPSA) is 76.5 Å². The smallest absolute Gasteiger partial charge is 0.262 e. The molecule has 0 aliphatic carbocycles. The molecule has 2 heterocycles. The van der Waals surface area contributed by atoms with Gasteiger partial charge in [-0.25, -0.2) is 0 Å². The van der Waals surface area contributed by atoms with Crippen molar-refractivity contribution in [3.8, 4) is 5.88 Å². The summed E-state index contributed by atoms with van der Waals surface area (Å²) < 4.78 is 6.64. The van der Waals surface area contributed by atoms with Gasteiger partial charge in [-0.3, -0.25) is 14.3 Å². The quantitative estimate of drug-likeness (QED) is 0.760. The molecule has 3 aromatic rings. The minimum absolute atomic E-state index is 0.0447. The molecule has 7 nitrogen and oxygen atoms in total. The zero-order valence-corrected chi connectivity index (χ0v) is 15.7. The number of aryl methyl sites for hydroxylation is 1. The van der Waals surface area contributed by atoms with E-state index in [4.69, 9.17) is 4.74 Å². The third kappa shape index (κ3) is 3.22. The van der Waals surface area contributed by atoms with Gasteiger partial charge in [0, 0.05) is 36.7 Å². The second-order valence-corrected chi connectivity index (χ2v) is 6.59. The summed E-state index contributed by atoms with van der Waals surface area (Å²) in [5.74, 6) is -0.103. The molecule has 1 aliphatic heterocycles. The Labute approximate surface area is 162 Å². The Morgan fingerprint density at radius 3 is 2.61 bits per heavy atom. The Morgan fingerprint density at radius 1 is 1.11 bits per heavy atom. The van der Waals surface area contributed by atoms with Crippen LogP contribution < -0.4 is 15.0 Å². The highest BCUT2D eigenvalue weighted by molar-refractivity contribution is 6.08. The van der Waals surface area contributed by atoms with Crippen LogP contribution in [0.15, 0.2) is 54.7 Å². The Morgan fingerprint density at radius 2 is 1.86 bits per heavy atom. The monoisotopic (exact) mass is 376 g/mol. The van der Waals surface area contributed by atoms with Crippen LogP contribution in [0.3, 0.4) is 0 Å². The number of anilines is 2. The number of aromatic nitrogens is 2. The number of fused-ring (bicyclic) bond motifs is 1. The fourth-order valence-corrected chi connectivity index (χ4v) is 3.37. The van der Waals surface area contributed by atoms with Crippen molar-refractivity contribution >= 4 is 23.2 Å². The van der Waals surface area contributed by atoms with Crippen LogP contribution in [-0.2, 0) is 13.5 Å². The average Bonchev–Trinajstić information content (AvgIpc) is 3.31. The maximum absolute atomic E-state index is 12.9. The molecule has 0 radical (unpaired) electrons. The molecule has 28 heavy (non-hydrogen) atoms. The fourth-order valence-electron chi connectivity index (χ4n) is 3.37. The molecule has 4 rings (SSSR count). The van der Waals surface area contributed by atoms with Gasteiger partial charge >= 0.3 is 0 Å².